The number of hydrogen-bond donors (Lipinski definition) is 2. The Morgan fingerprint density at radius 3 is 1.35 bits per heavy atom. The molecule has 0 spiro atoms. The van der Waals surface area contributed by atoms with Crippen LogP contribution in [0, 0.1) is 0 Å². The van der Waals surface area contributed by atoms with Gasteiger partial charge in [0.05, 0.1) is 13.2 Å². The van der Waals surface area contributed by atoms with Crippen LogP contribution in [-0.2, 0) is 32.7 Å². The average Bonchev–Trinajstić information content (AvgIpc) is 3.20. The van der Waals surface area contributed by atoms with Gasteiger partial charge in [-0.15, -0.1) is 0 Å². The maximum Gasteiger partial charge on any atom is 0.472 e. The molecule has 0 aliphatic heterocycles. The minimum atomic E-state index is -4.37. The molecule has 2 atom stereocenters. The van der Waals surface area contributed by atoms with Gasteiger partial charge < -0.3 is 20.1 Å². The molecule has 0 amide bonds. The van der Waals surface area contributed by atoms with Crippen molar-refractivity contribution in [2.45, 2.75) is 225 Å². The second kappa shape index (κ2) is 43.8. The zero-order valence-corrected chi connectivity index (χ0v) is 37.7. The van der Waals surface area contributed by atoms with Crippen molar-refractivity contribution >= 4 is 19.8 Å². The Labute approximate surface area is 350 Å². The van der Waals surface area contributed by atoms with E-state index in [1.807, 2.05) is 0 Å². The van der Waals surface area contributed by atoms with E-state index < -0.39 is 26.5 Å². The molecule has 0 saturated carbocycles. The van der Waals surface area contributed by atoms with Crippen LogP contribution >= 0.6 is 7.82 Å². The molecule has 0 aliphatic carbocycles. The largest absolute Gasteiger partial charge is 0.472 e. The number of esters is 2. The van der Waals surface area contributed by atoms with E-state index in [0.717, 1.165) is 57.8 Å². The third-order valence-corrected chi connectivity index (χ3v) is 11.0. The third kappa shape index (κ3) is 43.6. The molecule has 0 aliphatic rings. The summed E-state index contributed by atoms with van der Waals surface area (Å²) in [5, 5.41) is 0. The Morgan fingerprint density at radius 1 is 0.526 bits per heavy atom. The number of phosphoric ester groups is 1. The normalized spacial score (nSPS) is 13.5. The van der Waals surface area contributed by atoms with Crippen molar-refractivity contribution in [3.8, 4) is 0 Å². The zero-order chi connectivity index (χ0) is 41.8. The van der Waals surface area contributed by atoms with Crippen LogP contribution in [-0.4, -0.2) is 49.3 Å². The SMILES string of the molecule is CCCCCCC/C=C\C/C=C\C/C=C\CCCCCCCCCCCCC(=O)OC(COC(=O)CCCCCCCCCCCCC)COP(=O)(O)OCCN. The lowest BCUT2D eigenvalue weighted by Crippen LogP contribution is -2.29. The molecule has 3 N–H and O–H groups in total. The summed E-state index contributed by atoms with van der Waals surface area (Å²) in [6.07, 6.45) is 49.0. The molecule has 0 aromatic heterocycles. The number of allylic oxidation sites excluding steroid dienone is 6. The van der Waals surface area contributed by atoms with Crippen molar-refractivity contribution in [1.82, 2.24) is 0 Å². The van der Waals surface area contributed by atoms with Crippen molar-refractivity contribution in [1.29, 1.82) is 0 Å². The highest BCUT2D eigenvalue weighted by atomic mass is 31.2. The van der Waals surface area contributed by atoms with Crippen LogP contribution in [0.2, 0.25) is 0 Å². The van der Waals surface area contributed by atoms with Gasteiger partial charge in [0.25, 0.3) is 0 Å². The Morgan fingerprint density at radius 2 is 0.912 bits per heavy atom. The fourth-order valence-electron chi connectivity index (χ4n) is 6.52. The van der Waals surface area contributed by atoms with E-state index in [0.29, 0.717) is 6.42 Å². The van der Waals surface area contributed by atoms with Gasteiger partial charge in [-0.25, -0.2) is 4.57 Å². The molecule has 0 bridgehead atoms. The Balaban J connectivity index is 4.03. The summed E-state index contributed by atoms with van der Waals surface area (Å²) in [6, 6.07) is 0. The highest BCUT2D eigenvalue weighted by Gasteiger charge is 2.26. The van der Waals surface area contributed by atoms with Gasteiger partial charge in [-0.05, 0) is 51.4 Å². The lowest BCUT2D eigenvalue weighted by molar-refractivity contribution is -0.161. The first-order chi connectivity index (χ1) is 27.8. The molecular formula is C47H88NO8P. The Hall–Kier alpha value is -1.77. The molecule has 57 heavy (non-hydrogen) atoms. The number of nitrogens with two attached hydrogens (primary N) is 1. The maximum absolute atomic E-state index is 12.6. The standard InChI is InChI=1S/C47H88NO8P/c1-3-5-7-9-11-13-15-16-17-18-19-20-21-22-23-24-25-26-27-28-30-32-34-36-38-40-47(50)56-45(44-55-57(51,52)54-42-41-48)43-53-46(49)39-37-35-33-31-29-14-12-10-8-6-4-2/h15-16,18-19,21-22,45H,3-14,17,20,23-44,48H2,1-2H3,(H,51,52)/b16-15-,19-18-,22-21-. The van der Waals surface area contributed by atoms with E-state index in [1.165, 1.54) is 128 Å². The van der Waals surface area contributed by atoms with Crippen molar-refractivity contribution in [2.24, 2.45) is 5.73 Å². The average molecular weight is 826 g/mol. The topological polar surface area (TPSA) is 134 Å². The number of hydrogen-bond acceptors (Lipinski definition) is 8. The number of phosphoric acid groups is 1. The summed E-state index contributed by atoms with van der Waals surface area (Å²) in [4.78, 5) is 34.9. The molecule has 2 unspecified atom stereocenters. The van der Waals surface area contributed by atoms with Crippen LogP contribution in [0.15, 0.2) is 36.5 Å². The number of rotatable bonds is 44. The van der Waals surface area contributed by atoms with Gasteiger partial charge in [-0.1, -0.05) is 192 Å². The van der Waals surface area contributed by atoms with Crippen molar-refractivity contribution in [2.75, 3.05) is 26.4 Å². The molecule has 9 nitrogen and oxygen atoms in total. The molecule has 0 rings (SSSR count). The van der Waals surface area contributed by atoms with Crippen LogP contribution in [0.1, 0.15) is 219 Å². The minimum Gasteiger partial charge on any atom is -0.462 e. The molecule has 0 radical (unpaired) electrons. The van der Waals surface area contributed by atoms with Crippen molar-refractivity contribution in [3.63, 3.8) is 0 Å². The van der Waals surface area contributed by atoms with Crippen molar-refractivity contribution < 1.29 is 37.6 Å². The number of unbranched alkanes of at least 4 members (excludes halogenated alkanes) is 25. The smallest absolute Gasteiger partial charge is 0.462 e. The van der Waals surface area contributed by atoms with E-state index in [9.17, 15) is 19.0 Å². The fourth-order valence-corrected chi connectivity index (χ4v) is 7.29. The second-order valence-electron chi connectivity index (χ2n) is 15.6. The van der Waals surface area contributed by atoms with Gasteiger partial charge in [0, 0.05) is 19.4 Å². The van der Waals surface area contributed by atoms with E-state index in [2.05, 4.69) is 50.3 Å². The van der Waals surface area contributed by atoms with Gasteiger partial charge in [-0.2, -0.15) is 0 Å². The van der Waals surface area contributed by atoms with Crippen LogP contribution in [0.3, 0.4) is 0 Å². The molecule has 0 aromatic rings. The van der Waals surface area contributed by atoms with Gasteiger partial charge in [0.2, 0.25) is 0 Å². The van der Waals surface area contributed by atoms with Crippen LogP contribution < -0.4 is 5.73 Å². The van der Waals surface area contributed by atoms with E-state index in [-0.39, 0.29) is 38.6 Å². The first kappa shape index (κ1) is 55.2. The second-order valence-corrected chi connectivity index (χ2v) is 17.1. The van der Waals surface area contributed by atoms with Gasteiger partial charge in [0.15, 0.2) is 6.10 Å². The van der Waals surface area contributed by atoms with Gasteiger partial charge in [-0.3, -0.25) is 18.6 Å². The quantitative estimate of drug-likeness (QED) is 0.0266. The molecular weight excluding hydrogens is 737 g/mol. The molecule has 10 heteroatoms. The summed E-state index contributed by atoms with van der Waals surface area (Å²) < 4.78 is 32.8. The first-order valence-electron chi connectivity index (χ1n) is 23.5. The van der Waals surface area contributed by atoms with E-state index >= 15 is 0 Å². The van der Waals surface area contributed by atoms with Gasteiger partial charge >= 0.3 is 19.8 Å². The summed E-state index contributed by atoms with van der Waals surface area (Å²) in [7, 11) is -4.37. The Kier molecular flexibility index (Phi) is 42.4. The maximum atomic E-state index is 12.6. The van der Waals surface area contributed by atoms with Gasteiger partial charge in [0.1, 0.15) is 6.61 Å². The Bertz CT molecular complexity index is 1030. The molecule has 0 fully saturated rings. The predicted molar refractivity (Wildman–Crippen MR) is 238 cm³/mol. The van der Waals surface area contributed by atoms with Crippen LogP contribution in [0.4, 0.5) is 0 Å². The highest BCUT2D eigenvalue weighted by molar-refractivity contribution is 7.47. The molecule has 0 aromatic carbocycles. The van der Waals surface area contributed by atoms with Crippen LogP contribution in [0.25, 0.3) is 0 Å². The molecule has 334 valence electrons. The molecule has 0 heterocycles. The van der Waals surface area contributed by atoms with Crippen LogP contribution in [0.5, 0.6) is 0 Å². The van der Waals surface area contributed by atoms with E-state index in [1.54, 1.807) is 0 Å². The van der Waals surface area contributed by atoms with E-state index in [4.69, 9.17) is 24.3 Å². The first-order valence-corrected chi connectivity index (χ1v) is 25.0. The summed E-state index contributed by atoms with van der Waals surface area (Å²) in [6.45, 7) is 3.72. The number of carbonyl (C=O) groups excluding carboxylic acids is 2. The third-order valence-electron chi connectivity index (χ3n) is 10.0. The number of carbonyl (C=O) groups is 2. The predicted octanol–water partition coefficient (Wildman–Crippen LogP) is 13.7. The monoisotopic (exact) mass is 826 g/mol. The lowest BCUT2D eigenvalue weighted by atomic mass is 10.0. The molecule has 0 saturated heterocycles. The summed E-state index contributed by atoms with van der Waals surface area (Å²) >= 11 is 0. The summed E-state index contributed by atoms with van der Waals surface area (Å²) in [5.41, 5.74) is 5.35. The lowest BCUT2D eigenvalue weighted by Gasteiger charge is -2.19. The highest BCUT2D eigenvalue weighted by Crippen LogP contribution is 2.43. The van der Waals surface area contributed by atoms with Crippen molar-refractivity contribution in [3.05, 3.63) is 36.5 Å². The summed E-state index contributed by atoms with van der Waals surface area (Å²) in [5.74, 6) is -0.828. The minimum absolute atomic E-state index is 0.0534. The zero-order valence-electron chi connectivity index (χ0n) is 36.8. The fraction of sp³-hybridized carbons (Fsp3) is 0.830. The number of ether oxygens (including phenoxy) is 2.